The second-order valence-corrected chi connectivity index (χ2v) is 16.3. The third-order valence-corrected chi connectivity index (χ3v) is 10.3. The number of fused-ring (bicyclic) bond motifs is 1. The predicted molar refractivity (Wildman–Crippen MR) is 179 cm³/mol. The molecular formula is C36H58N4O8. The largest absolute Gasteiger partial charge is 0.453 e. The fourth-order valence-electron chi connectivity index (χ4n) is 7.11. The Hall–Kier alpha value is -3.31. The molecule has 1 aliphatic heterocycles. The molecule has 12 nitrogen and oxygen atoms in total. The van der Waals surface area contributed by atoms with Crippen LogP contribution in [0.25, 0.3) is 0 Å². The van der Waals surface area contributed by atoms with E-state index in [0.29, 0.717) is 19.4 Å². The monoisotopic (exact) mass is 674 g/mol. The fourth-order valence-corrected chi connectivity index (χ4v) is 7.11. The zero-order valence-corrected chi connectivity index (χ0v) is 30.4. The van der Waals surface area contributed by atoms with Gasteiger partial charge in [-0.25, -0.2) is 4.79 Å². The second-order valence-electron chi connectivity index (χ2n) is 16.3. The molecule has 3 fully saturated rings. The summed E-state index contributed by atoms with van der Waals surface area (Å²) in [6, 6.07) is -3.67. The van der Waals surface area contributed by atoms with Gasteiger partial charge in [0.1, 0.15) is 12.1 Å². The Kier molecular flexibility index (Phi) is 13.0. The van der Waals surface area contributed by atoms with Crippen molar-refractivity contribution in [2.75, 3.05) is 13.7 Å². The van der Waals surface area contributed by atoms with Crippen LogP contribution in [0.5, 0.6) is 0 Å². The average Bonchev–Trinajstić information content (AvgIpc) is 3.56. The summed E-state index contributed by atoms with van der Waals surface area (Å²) in [5.41, 5.74) is -1.42. The molecule has 270 valence electrons. The molecule has 0 spiro atoms. The normalized spacial score (nSPS) is 23.3. The van der Waals surface area contributed by atoms with Gasteiger partial charge in [-0.15, -0.1) is 0 Å². The molecule has 3 N–H and O–H groups in total. The minimum atomic E-state index is -1.02. The van der Waals surface area contributed by atoms with Crippen LogP contribution in [0.4, 0.5) is 4.79 Å². The van der Waals surface area contributed by atoms with Crippen molar-refractivity contribution >= 4 is 41.2 Å². The molecule has 0 bridgehead atoms. The number of Topliss-reactive ketones (excluding diaryl/α,β-unsaturated/α-hetero) is 3. The van der Waals surface area contributed by atoms with Crippen LogP contribution in [0.3, 0.4) is 0 Å². The van der Waals surface area contributed by atoms with Crippen LogP contribution in [0.15, 0.2) is 0 Å². The number of alkyl carbamates (subject to hydrolysis) is 1. The second kappa shape index (κ2) is 15.9. The Bertz CT molecular complexity index is 1250. The van der Waals surface area contributed by atoms with Gasteiger partial charge in [-0.3, -0.25) is 28.8 Å². The van der Waals surface area contributed by atoms with E-state index < -0.39 is 76.3 Å². The van der Waals surface area contributed by atoms with Gasteiger partial charge in [0.2, 0.25) is 29.3 Å². The molecule has 1 heterocycles. The van der Waals surface area contributed by atoms with Gasteiger partial charge in [-0.2, -0.15) is 0 Å². The first-order chi connectivity index (χ1) is 22.3. The lowest BCUT2D eigenvalue weighted by Gasteiger charge is -2.38. The summed E-state index contributed by atoms with van der Waals surface area (Å²) >= 11 is 0. The van der Waals surface area contributed by atoms with Crippen molar-refractivity contribution in [3.05, 3.63) is 0 Å². The highest BCUT2D eigenvalue weighted by Crippen LogP contribution is 2.43. The number of nitrogens with zero attached hydrogens (tertiary/aromatic N) is 1. The lowest BCUT2D eigenvalue weighted by atomic mass is 9.76. The number of carbonyl (C=O) groups excluding carboxylic acids is 7. The molecule has 12 heteroatoms. The molecule has 0 aromatic rings. The Balaban J connectivity index is 1.84. The summed E-state index contributed by atoms with van der Waals surface area (Å²) in [5, 5.41) is 8.27. The number of hydrogen-bond donors (Lipinski definition) is 3. The zero-order chi connectivity index (χ0) is 36.1. The standard InChI is InChI=1S/C36H58N4O8/c1-10-12-25(29(43)27(42)17-21-15-16-21)38-32(45)28-23-14-11-13-22(23)19-40(28)33(46)30(36(6,7)8)39-31(44)24(35(3,4)5)18-26(41)20(2)37-34(47)48-9/h20-25,28,30H,10-19H2,1-9H3,(H,37,47)(H,38,45)(H,39,44)/t20-,22-,23-,24+,25-,28?,30+/m0/s1. The summed E-state index contributed by atoms with van der Waals surface area (Å²) in [5.74, 6) is -3.24. The first-order valence-corrected chi connectivity index (χ1v) is 17.7. The van der Waals surface area contributed by atoms with E-state index in [0.717, 1.165) is 32.1 Å². The van der Waals surface area contributed by atoms with Crippen molar-refractivity contribution in [1.82, 2.24) is 20.9 Å². The molecule has 48 heavy (non-hydrogen) atoms. The smallest absolute Gasteiger partial charge is 0.407 e. The maximum Gasteiger partial charge on any atom is 0.407 e. The highest BCUT2D eigenvalue weighted by atomic mass is 16.5. The molecular weight excluding hydrogens is 616 g/mol. The van der Waals surface area contributed by atoms with Gasteiger partial charge >= 0.3 is 6.09 Å². The lowest BCUT2D eigenvalue weighted by Crippen LogP contribution is -2.60. The number of methoxy groups -OCH3 is 1. The van der Waals surface area contributed by atoms with Crippen LogP contribution in [0.1, 0.15) is 113 Å². The van der Waals surface area contributed by atoms with Crippen LogP contribution in [0.2, 0.25) is 0 Å². The number of hydrogen-bond acceptors (Lipinski definition) is 8. The fraction of sp³-hybridized carbons (Fsp3) is 0.806. The number of nitrogens with one attached hydrogen (secondary N) is 3. The van der Waals surface area contributed by atoms with Crippen molar-refractivity contribution in [2.45, 2.75) is 137 Å². The number of ether oxygens (including phenoxy) is 1. The highest BCUT2D eigenvalue weighted by Gasteiger charge is 2.52. The van der Waals surface area contributed by atoms with Gasteiger partial charge in [-0.05, 0) is 67.6 Å². The van der Waals surface area contributed by atoms with E-state index in [2.05, 4.69) is 20.7 Å². The number of rotatable bonds is 15. The van der Waals surface area contributed by atoms with Crippen molar-refractivity contribution < 1.29 is 38.3 Å². The Labute approximate surface area is 285 Å². The van der Waals surface area contributed by atoms with E-state index in [-0.39, 0.29) is 36.4 Å². The van der Waals surface area contributed by atoms with E-state index >= 15 is 0 Å². The van der Waals surface area contributed by atoms with Crippen molar-refractivity contribution in [3.8, 4) is 0 Å². The zero-order valence-electron chi connectivity index (χ0n) is 30.4. The molecule has 0 aromatic carbocycles. The SMILES string of the molecule is CCC[C@H](NC(=O)C1[C@H]2CCC[C@H]2CN1C(=O)[C@@H](NC(=O)[C@@H](CC(=O)[C@H](C)NC(=O)OC)C(C)(C)C)C(C)(C)C)C(=O)C(=O)CC1CC1. The van der Waals surface area contributed by atoms with Crippen LogP contribution >= 0.6 is 0 Å². The van der Waals surface area contributed by atoms with Gasteiger partial charge in [0.05, 0.1) is 19.2 Å². The van der Waals surface area contributed by atoms with Gasteiger partial charge < -0.3 is 25.6 Å². The minimum Gasteiger partial charge on any atom is -0.453 e. The quantitative estimate of drug-likeness (QED) is 0.221. The maximum atomic E-state index is 14.5. The third-order valence-electron chi connectivity index (χ3n) is 10.3. The predicted octanol–water partition coefficient (Wildman–Crippen LogP) is 3.73. The summed E-state index contributed by atoms with van der Waals surface area (Å²) < 4.78 is 4.60. The molecule has 0 radical (unpaired) electrons. The Morgan fingerprint density at radius 1 is 0.875 bits per heavy atom. The summed E-state index contributed by atoms with van der Waals surface area (Å²) in [6.45, 7) is 14.8. The molecule has 2 saturated carbocycles. The van der Waals surface area contributed by atoms with Crippen LogP contribution < -0.4 is 16.0 Å². The van der Waals surface area contributed by atoms with Crippen molar-refractivity contribution in [3.63, 3.8) is 0 Å². The average molecular weight is 675 g/mol. The third kappa shape index (κ3) is 9.87. The number of ketones is 3. The minimum absolute atomic E-state index is 0.0893. The first-order valence-electron chi connectivity index (χ1n) is 17.7. The van der Waals surface area contributed by atoms with E-state index in [1.54, 1.807) is 4.90 Å². The number of likely N-dealkylation sites (tertiary alicyclic amines) is 1. The van der Waals surface area contributed by atoms with Crippen LogP contribution in [-0.4, -0.2) is 83.9 Å². The van der Waals surface area contributed by atoms with Crippen LogP contribution in [0, 0.1) is 34.5 Å². The maximum absolute atomic E-state index is 14.5. The Morgan fingerprint density at radius 2 is 1.52 bits per heavy atom. The Morgan fingerprint density at radius 3 is 2.06 bits per heavy atom. The lowest BCUT2D eigenvalue weighted by molar-refractivity contribution is -0.147. The van der Waals surface area contributed by atoms with Gasteiger partial charge in [0.25, 0.3) is 0 Å². The molecule has 3 aliphatic rings. The molecule has 1 saturated heterocycles. The van der Waals surface area contributed by atoms with Crippen LogP contribution in [-0.2, 0) is 33.5 Å². The molecule has 3 rings (SSSR count). The van der Waals surface area contributed by atoms with Gasteiger partial charge in [0.15, 0.2) is 5.78 Å². The van der Waals surface area contributed by atoms with E-state index in [1.807, 2.05) is 48.5 Å². The molecule has 4 amide bonds. The first kappa shape index (κ1) is 39.1. The topological polar surface area (TPSA) is 168 Å². The van der Waals surface area contributed by atoms with Crippen molar-refractivity contribution in [2.24, 2.45) is 34.5 Å². The summed E-state index contributed by atoms with van der Waals surface area (Å²) in [7, 11) is 1.20. The number of amides is 4. The van der Waals surface area contributed by atoms with E-state index in [9.17, 15) is 33.6 Å². The summed E-state index contributed by atoms with van der Waals surface area (Å²) in [6.07, 6.45) is 4.66. The highest BCUT2D eigenvalue weighted by molar-refractivity contribution is 6.39. The molecule has 1 unspecified atom stereocenters. The van der Waals surface area contributed by atoms with E-state index in [4.69, 9.17) is 0 Å². The number of carbonyl (C=O) groups is 7. The molecule has 0 aromatic heterocycles. The van der Waals surface area contributed by atoms with Gasteiger partial charge in [0, 0.05) is 25.3 Å². The molecule has 2 aliphatic carbocycles. The summed E-state index contributed by atoms with van der Waals surface area (Å²) in [4.78, 5) is 94.7. The van der Waals surface area contributed by atoms with E-state index in [1.165, 1.54) is 14.0 Å². The van der Waals surface area contributed by atoms with Crippen molar-refractivity contribution in [1.29, 1.82) is 0 Å². The van der Waals surface area contributed by atoms with Gasteiger partial charge in [-0.1, -0.05) is 61.3 Å². The molecule has 7 atom stereocenters.